The predicted molar refractivity (Wildman–Crippen MR) is 168 cm³/mol. The SMILES string of the molecule is CC(C)(C)c1[c-]c2c(cc1)-c1ccc(C(C)(C)C)cc1C2.Cc1cc(C(C)C)c(C)[cH-]1.Fc1ccc([CH]=[Zr+2])cc1.[Cl-].[Cl-]. The summed E-state index contributed by atoms with van der Waals surface area (Å²) < 4.78 is 14.2. The molecule has 4 aromatic rings. The first-order valence-corrected chi connectivity index (χ1v) is 15.7. The second-order valence-corrected chi connectivity index (χ2v) is 14.0. The van der Waals surface area contributed by atoms with Crippen LogP contribution in [0.1, 0.15) is 106 Å². The van der Waals surface area contributed by atoms with Crippen LogP contribution in [-0.2, 0) is 41.5 Å². The van der Waals surface area contributed by atoms with Crippen LogP contribution in [0.15, 0.2) is 66.7 Å². The van der Waals surface area contributed by atoms with Crippen molar-refractivity contribution in [2.45, 2.75) is 92.4 Å². The van der Waals surface area contributed by atoms with Crippen molar-refractivity contribution >= 4 is 3.71 Å². The average molecular weight is 683 g/mol. The quantitative estimate of drug-likeness (QED) is 0.244. The Morgan fingerprint density at radius 3 is 1.88 bits per heavy atom. The smallest absolute Gasteiger partial charge is 1.00 e. The Labute approximate surface area is 282 Å². The third-order valence-corrected chi connectivity index (χ3v) is 8.22. The summed E-state index contributed by atoms with van der Waals surface area (Å²) in [6.45, 7) is 22.4. The Morgan fingerprint density at radius 1 is 0.833 bits per heavy atom. The zero-order chi connectivity index (χ0) is 29.8. The molecule has 0 heterocycles. The van der Waals surface area contributed by atoms with Gasteiger partial charge in [0.25, 0.3) is 0 Å². The summed E-state index contributed by atoms with van der Waals surface area (Å²) in [5.74, 6) is 0.505. The summed E-state index contributed by atoms with van der Waals surface area (Å²) in [6.07, 6.45) is 1.03. The van der Waals surface area contributed by atoms with E-state index < -0.39 is 0 Å². The number of fused-ring (bicyclic) bond motifs is 3. The van der Waals surface area contributed by atoms with Crippen LogP contribution < -0.4 is 24.8 Å². The molecule has 224 valence electrons. The van der Waals surface area contributed by atoms with Crippen LogP contribution in [-0.4, -0.2) is 3.71 Å². The monoisotopic (exact) mass is 680 g/mol. The molecule has 0 bridgehead atoms. The molecule has 0 radical (unpaired) electrons. The molecule has 1 aliphatic rings. The third kappa shape index (κ3) is 10.2. The minimum Gasteiger partial charge on any atom is -1.00 e. The van der Waals surface area contributed by atoms with Crippen molar-refractivity contribution in [2.24, 2.45) is 0 Å². The van der Waals surface area contributed by atoms with Gasteiger partial charge in [0.05, 0.1) is 0 Å². The second kappa shape index (κ2) is 15.8. The maximum atomic E-state index is 12.2. The summed E-state index contributed by atoms with van der Waals surface area (Å²) in [7, 11) is 0. The number of benzene rings is 3. The Morgan fingerprint density at radius 2 is 1.43 bits per heavy atom. The van der Waals surface area contributed by atoms with Crippen molar-refractivity contribution in [1.82, 2.24) is 0 Å². The van der Waals surface area contributed by atoms with Crippen LogP contribution in [0.5, 0.6) is 0 Å². The summed E-state index contributed by atoms with van der Waals surface area (Å²) >= 11 is 1.34. The number of aryl methyl sites for hydroxylation is 2. The molecular weight excluding hydrogens is 638 g/mol. The van der Waals surface area contributed by atoms with Gasteiger partial charge in [0.15, 0.2) is 0 Å². The van der Waals surface area contributed by atoms with Gasteiger partial charge in [-0.05, 0) is 28.4 Å². The fourth-order valence-corrected chi connectivity index (χ4v) is 5.51. The molecule has 1 aliphatic carbocycles. The van der Waals surface area contributed by atoms with Crippen molar-refractivity contribution in [1.29, 1.82) is 0 Å². The molecule has 0 fully saturated rings. The Kier molecular flexibility index (Phi) is 14.4. The van der Waals surface area contributed by atoms with Gasteiger partial charge >= 0.3 is 68.0 Å². The first-order valence-electron chi connectivity index (χ1n) is 14.3. The molecule has 0 N–H and O–H groups in total. The summed E-state index contributed by atoms with van der Waals surface area (Å²) in [5, 5.41) is 0. The molecular formula is C38H45Cl2FZr-2. The molecule has 4 heteroatoms. The molecule has 5 rings (SSSR count). The van der Waals surface area contributed by atoms with Crippen LogP contribution in [0.4, 0.5) is 4.39 Å². The molecule has 0 spiro atoms. The largest absolute Gasteiger partial charge is 1.00 e. The molecule has 4 aromatic carbocycles. The number of hydrogen-bond donors (Lipinski definition) is 0. The molecule has 0 saturated carbocycles. The van der Waals surface area contributed by atoms with E-state index in [9.17, 15) is 4.39 Å². The fourth-order valence-electron chi connectivity index (χ4n) is 5.03. The topological polar surface area (TPSA) is 0 Å². The van der Waals surface area contributed by atoms with E-state index in [1.165, 1.54) is 86.4 Å². The zero-order valence-corrected chi connectivity index (χ0v) is 30.8. The van der Waals surface area contributed by atoms with Crippen LogP contribution in [0, 0.1) is 25.7 Å². The summed E-state index contributed by atoms with van der Waals surface area (Å²) in [6, 6.07) is 26.2. The molecule has 0 aromatic heterocycles. The molecule has 0 amide bonds. The van der Waals surface area contributed by atoms with Crippen LogP contribution in [0.25, 0.3) is 11.1 Å². The van der Waals surface area contributed by atoms with E-state index in [-0.39, 0.29) is 41.5 Å². The number of halogens is 3. The molecule has 42 heavy (non-hydrogen) atoms. The Balaban J connectivity index is 0.000000353. The fraction of sp³-hybridized carbons (Fsp3) is 0.368. The molecule has 0 nitrogen and oxygen atoms in total. The molecule has 0 unspecified atom stereocenters. The van der Waals surface area contributed by atoms with Gasteiger partial charge in [0, 0.05) is 0 Å². The van der Waals surface area contributed by atoms with Crippen LogP contribution in [0.2, 0.25) is 0 Å². The second-order valence-electron chi connectivity index (χ2n) is 13.3. The molecule has 0 atom stereocenters. The normalized spacial score (nSPS) is 11.6. The van der Waals surface area contributed by atoms with Crippen LogP contribution >= 0.6 is 0 Å². The van der Waals surface area contributed by atoms with E-state index in [0.29, 0.717) is 5.92 Å². The van der Waals surface area contributed by atoms with Gasteiger partial charge in [-0.1, -0.05) is 98.9 Å². The third-order valence-electron chi connectivity index (χ3n) is 7.41. The zero-order valence-electron chi connectivity index (χ0n) is 26.8. The average Bonchev–Trinajstić information content (AvgIpc) is 3.42. The number of hydrogen-bond acceptors (Lipinski definition) is 0. The van der Waals surface area contributed by atoms with E-state index in [1.807, 2.05) is 3.71 Å². The summed E-state index contributed by atoms with van der Waals surface area (Å²) in [4.78, 5) is 0. The van der Waals surface area contributed by atoms with E-state index in [2.05, 4.69) is 118 Å². The minimum atomic E-state index is -0.170. The van der Waals surface area contributed by atoms with Crippen molar-refractivity contribution in [2.75, 3.05) is 0 Å². The first kappa shape index (κ1) is 38.3. The van der Waals surface area contributed by atoms with Gasteiger partial charge in [0.2, 0.25) is 0 Å². The Hall–Kier alpha value is -1.73. The van der Waals surface area contributed by atoms with E-state index in [0.717, 1.165) is 12.0 Å². The molecule has 0 aliphatic heterocycles. The standard InChI is InChI=1S/C21H25.C10H15.C7H5F.2ClH.Zr/c1-20(2,3)16-7-9-18-14(12-16)11-15-13-17(21(4,5)6)8-10-19(15)18;1-7(2)10-6-8(3)5-9(10)4;1-6-2-4-7(8)5-3-6;;;/h7-10,12H,11H2,1-6H3;5-7H,1-4H3;1-5H;2*1H;/q2*-1;;;;+2/p-2. The van der Waals surface area contributed by atoms with Gasteiger partial charge in [-0.2, -0.15) is 46.5 Å². The molecule has 0 saturated heterocycles. The van der Waals surface area contributed by atoms with Gasteiger partial charge < -0.3 is 24.8 Å². The summed E-state index contributed by atoms with van der Waals surface area (Å²) in [5.41, 5.74) is 14.1. The maximum Gasteiger partial charge on any atom is -1.00 e. The predicted octanol–water partition coefficient (Wildman–Crippen LogP) is 4.33. The first-order chi connectivity index (χ1) is 18.6. The van der Waals surface area contributed by atoms with Gasteiger partial charge in [-0.15, -0.1) is 11.1 Å². The van der Waals surface area contributed by atoms with Gasteiger partial charge in [0.1, 0.15) is 0 Å². The Bertz CT molecular complexity index is 1390. The van der Waals surface area contributed by atoms with Gasteiger partial charge in [-0.3, -0.25) is 0 Å². The van der Waals surface area contributed by atoms with Crippen molar-refractivity contribution in [3.8, 4) is 11.1 Å². The minimum absolute atomic E-state index is 0. The van der Waals surface area contributed by atoms with E-state index in [4.69, 9.17) is 0 Å². The van der Waals surface area contributed by atoms with Crippen molar-refractivity contribution in [3.63, 3.8) is 0 Å². The van der Waals surface area contributed by atoms with E-state index >= 15 is 0 Å². The van der Waals surface area contributed by atoms with Crippen molar-refractivity contribution < 1.29 is 53.4 Å². The maximum absolute atomic E-state index is 12.2. The van der Waals surface area contributed by atoms with Crippen LogP contribution in [0.3, 0.4) is 0 Å². The van der Waals surface area contributed by atoms with Gasteiger partial charge in [-0.25, -0.2) is 6.07 Å². The van der Waals surface area contributed by atoms with E-state index in [1.54, 1.807) is 12.1 Å². The van der Waals surface area contributed by atoms with Crippen molar-refractivity contribution in [3.05, 3.63) is 123 Å². The number of rotatable bonds is 2.